The SMILES string of the molecule is CCCNC(=O)NC1(c2ccc(F)cc2)CCCC1. The first-order valence-electron chi connectivity index (χ1n) is 6.98. The second-order valence-electron chi connectivity index (χ2n) is 5.18. The first-order valence-corrected chi connectivity index (χ1v) is 6.98. The van der Waals surface area contributed by atoms with Gasteiger partial charge in [0, 0.05) is 6.54 Å². The second kappa shape index (κ2) is 6.04. The van der Waals surface area contributed by atoms with Gasteiger partial charge < -0.3 is 10.6 Å². The molecule has 0 radical (unpaired) electrons. The van der Waals surface area contributed by atoms with Crippen molar-refractivity contribution in [3.8, 4) is 0 Å². The van der Waals surface area contributed by atoms with E-state index >= 15 is 0 Å². The zero-order valence-corrected chi connectivity index (χ0v) is 11.3. The lowest BCUT2D eigenvalue weighted by Crippen LogP contribution is -2.48. The topological polar surface area (TPSA) is 41.1 Å². The standard InChI is InChI=1S/C15H21FN2O/c1-2-11-17-14(19)18-15(9-3-4-10-15)12-5-7-13(16)8-6-12/h5-8H,2-4,9-11H2,1H3,(H2,17,18,19). The van der Waals surface area contributed by atoms with E-state index in [0.29, 0.717) is 6.54 Å². The normalized spacial score (nSPS) is 17.2. The first-order chi connectivity index (χ1) is 9.16. The van der Waals surface area contributed by atoms with Crippen molar-refractivity contribution >= 4 is 6.03 Å². The highest BCUT2D eigenvalue weighted by molar-refractivity contribution is 5.75. The van der Waals surface area contributed by atoms with Gasteiger partial charge in [0.25, 0.3) is 0 Å². The lowest BCUT2D eigenvalue weighted by molar-refractivity contribution is 0.224. The minimum Gasteiger partial charge on any atom is -0.338 e. The van der Waals surface area contributed by atoms with Gasteiger partial charge in [-0.05, 0) is 37.0 Å². The van der Waals surface area contributed by atoms with Crippen LogP contribution in [0, 0.1) is 5.82 Å². The summed E-state index contributed by atoms with van der Waals surface area (Å²) in [6.07, 6.45) is 4.92. The molecule has 1 saturated carbocycles. The van der Waals surface area contributed by atoms with Crippen LogP contribution >= 0.6 is 0 Å². The molecule has 1 fully saturated rings. The molecule has 0 aromatic heterocycles. The van der Waals surface area contributed by atoms with Crippen molar-refractivity contribution in [3.05, 3.63) is 35.6 Å². The van der Waals surface area contributed by atoms with Crippen LogP contribution in [-0.2, 0) is 5.54 Å². The first kappa shape index (κ1) is 13.8. The quantitative estimate of drug-likeness (QED) is 0.860. The second-order valence-corrected chi connectivity index (χ2v) is 5.18. The Hall–Kier alpha value is -1.58. The van der Waals surface area contributed by atoms with Crippen LogP contribution in [-0.4, -0.2) is 12.6 Å². The molecule has 0 heterocycles. The zero-order chi connectivity index (χ0) is 13.7. The molecule has 2 rings (SSSR count). The fourth-order valence-corrected chi connectivity index (χ4v) is 2.73. The molecule has 0 saturated heterocycles. The number of rotatable bonds is 4. The molecule has 1 aromatic rings. The van der Waals surface area contributed by atoms with Crippen molar-refractivity contribution in [2.24, 2.45) is 0 Å². The summed E-state index contributed by atoms with van der Waals surface area (Å²) in [6, 6.07) is 6.34. The number of halogens is 1. The van der Waals surface area contributed by atoms with Crippen LogP contribution in [0.1, 0.15) is 44.6 Å². The summed E-state index contributed by atoms with van der Waals surface area (Å²) < 4.78 is 13.0. The van der Waals surface area contributed by atoms with Gasteiger partial charge in [-0.3, -0.25) is 0 Å². The van der Waals surface area contributed by atoms with Crippen molar-refractivity contribution < 1.29 is 9.18 Å². The number of benzene rings is 1. The Kier molecular flexibility index (Phi) is 4.40. The van der Waals surface area contributed by atoms with E-state index in [1.54, 1.807) is 12.1 Å². The maximum absolute atomic E-state index is 13.0. The van der Waals surface area contributed by atoms with E-state index in [0.717, 1.165) is 37.7 Å². The van der Waals surface area contributed by atoms with Crippen LogP contribution in [0.4, 0.5) is 9.18 Å². The summed E-state index contributed by atoms with van der Waals surface area (Å²) in [6.45, 7) is 2.69. The van der Waals surface area contributed by atoms with Gasteiger partial charge in [-0.1, -0.05) is 31.9 Å². The van der Waals surface area contributed by atoms with Gasteiger partial charge in [-0.15, -0.1) is 0 Å². The average Bonchev–Trinajstić information content (AvgIpc) is 2.86. The molecule has 1 aliphatic rings. The number of amides is 2. The number of carbonyl (C=O) groups is 1. The molecule has 0 bridgehead atoms. The van der Waals surface area contributed by atoms with E-state index in [-0.39, 0.29) is 17.4 Å². The molecule has 19 heavy (non-hydrogen) atoms. The Bertz CT molecular complexity index is 424. The van der Waals surface area contributed by atoms with E-state index in [1.807, 2.05) is 6.92 Å². The Balaban J connectivity index is 2.13. The molecule has 104 valence electrons. The Morgan fingerprint density at radius 2 is 1.89 bits per heavy atom. The molecule has 1 aromatic carbocycles. The molecule has 0 unspecified atom stereocenters. The predicted molar refractivity (Wildman–Crippen MR) is 73.4 cm³/mol. The van der Waals surface area contributed by atoms with Crippen LogP contribution in [0.3, 0.4) is 0 Å². The number of carbonyl (C=O) groups excluding carboxylic acids is 1. The highest BCUT2D eigenvalue weighted by Crippen LogP contribution is 2.38. The summed E-state index contributed by atoms with van der Waals surface area (Å²) in [5, 5.41) is 5.93. The molecule has 2 amide bonds. The van der Waals surface area contributed by atoms with Gasteiger partial charge in [-0.2, -0.15) is 0 Å². The van der Waals surface area contributed by atoms with E-state index in [1.165, 1.54) is 12.1 Å². The zero-order valence-electron chi connectivity index (χ0n) is 11.3. The van der Waals surface area contributed by atoms with Gasteiger partial charge in [0.15, 0.2) is 0 Å². The van der Waals surface area contributed by atoms with E-state index in [4.69, 9.17) is 0 Å². The minimum atomic E-state index is -0.328. The molecule has 4 heteroatoms. The van der Waals surface area contributed by atoms with Crippen LogP contribution in [0.15, 0.2) is 24.3 Å². The maximum Gasteiger partial charge on any atom is 0.315 e. The van der Waals surface area contributed by atoms with Crippen LogP contribution in [0.25, 0.3) is 0 Å². The summed E-state index contributed by atoms with van der Waals surface area (Å²) in [4.78, 5) is 11.9. The molecule has 3 nitrogen and oxygen atoms in total. The van der Waals surface area contributed by atoms with E-state index in [9.17, 15) is 9.18 Å². The highest BCUT2D eigenvalue weighted by Gasteiger charge is 2.36. The van der Waals surface area contributed by atoms with Gasteiger partial charge >= 0.3 is 6.03 Å². The molecule has 1 aliphatic carbocycles. The predicted octanol–water partition coefficient (Wildman–Crippen LogP) is 3.30. The van der Waals surface area contributed by atoms with Crippen molar-refractivity contribution in [3.63, 3.8) is 0 Å². The third kappa shape index (κ3) is 3.25. The third-order valence-electron chi connectivity index (χ3n) is 3.74. The van der Waals surface area contributed by atoms with E-state index < -0.39 is 0 Å². The summed E-state index contributed by atoms with van der Waals surface area (Å²) in [7, 11) is 0. The smallest absolute Gasteiger partial charge is 0.315 e. The molecular formula is C15H21FN2O. The van der Waals surface area contributed by atoms with Gasteiger partial charge in [0.05, 0.1) is 5.54 Å². The number of nitrogens with one attached hydrogen (secondary N) is 2. The van der Waals surface area contributed by atoms with Crippen molar-refractivity contribution in [2.75, 3.05) is 6.54 Å². The van der Waals surface area contributed by atoms with Gasteiger partial charge in [-0.25, -0.2) is 9.18 Å². The number of hydrogen-bond acceptors (Lipinski definition) is 1. The average molecular weight is 264 g/mol. The fraction of sp³-hybridized carbons (Fsp3) is 0.533. The molecule has 0 spiro atoms. The van der Waals surface area contributed by atoms with Crippen LogP contribution in [0.2, 0.25) is 0 Å². The number of urea groups is 1. The molecule has 0 aliphatic heterocycles. The molecule has 0 atom stereocenters. The Morgan fingerprint density at radius 3 is 2.47 bits per heavy atom. The minimum absolute atomic E-state index is 0.131. The van der Waals surface area contributed by atoms with Crippen molar-refractivity contribution in [2.45, 2.75) is 44.6 Å². The third-order valence-corrected chi connectivity index (χ3v) is 3.74. The molecular weight excluding hydrogens is 243 g/mol. The van der Waals surface area contributed by atoms with Gasteiger partial charge in [0.2, 0.25) is 0 Å². The number of hydrogen-bond donors (Lipinski definition) is 2. The van der Waals surface area contributed by atoms with Gasteiger partial charge in [0.1, 0.15) is 5.82 Å². The van der Waals surface area contributed by atoms with Crippen LogP contribution in [0.5, 0.6) is 0 Å². The van der Waals surface area contributed by atoms with Crippen LogP contribution < -0.4 is 10.6 Å². The largest absolute Gasteiger partial charge is 0.338 e. The lowest BCUT2D eigenvalue weighted by atomic mass is 9.88. The Morgan fingerprint density at radius 1 is 1.26 bits per heavy atom. The lowest BCUT2D eigenvalue weighted by Gasteiger charge is -2.31. The summed E-state index contributed by atoms with van der Waals surface area (Å²) in [5.74, 6) is -0.243. The highest BCUT2D eigenvalue weighted by atomic mass is 19.1. The monoisotopic (exact) mass is 264 g/mol. The van der Waals surface area contributed by atoms with Crippen molar-refractivity contribution in [1.82, 2.24) is 10.6 Å². The molecule has 2 N–H and O–H groups in total. The van der Waals surface area contributed by atoms with Crippen molar-refractivity contribution in [1.29, 1.82) is 0 Å². The summed E-state index contributed by atoms with van der Waals surface area (Å²) >= 11 is 0. The fourth-order valence-electron chi connectivity index (χ4n) is 2.73. The van der Waals surface area contributed by atoms with E-state index in [2.05, 4.69) is 10.6 Å². The Labute approximate surface area is 113 Å². The summed E-state index contributed by atoms with van der Waals surface area (Å²) in [5.41, 5.74) is 0.670. The maximum atomic E-state index is 13.0.